The van der Waals surface area contributed by atoms with Crippen molar-refractivity contribution in [3.63, 3.8) is 0 Å². The fraction of sp³-hybridized carbons (Fsp3) is 0.300. The molecule has 2 aromatic carbocycles. The SMILES string of the molecule is O=C(CCCOc1ccccc1)N1N=C(c2cc(Cl)cc(Cl)c2)CC1(O)C(F)(F)F. The molecular formula is C20H17Cl2F3N2O3. The summed E-state index contributed by atoms with van der Waals surface area (Å²) in [5.41, 5.74) is -3.40. The summed E-state index contributed by atoms with van der Waals surface area (Å²) in [6, 6.07) is 12.9. The predicted molar refractivity (Wildman–Crippen MR) is 107 cm³/mol. The fourth-order valence-corrected chi connectivity index (χ4v) is 3.47. The molecule has 0 radical (unpaired) electrons. The molecule has 0 saturated carbocycles. The van der Waals surface area contributed by atoms with Gasteiger partial charge in [0.05, 0.1) is 18.7 Å². The topological polar surface area (TPSA) is 62.1 Å². The third-order valence-electron chi connectivity index (χ3n) is 4.42. The van der Waals surface area contributed by atoms with Crippen molar-refractivity contribution < 1.29 is 27.8 Å². The van der Waals surface area contributed by atoms with E-state index < -0.39 is 24.2 Å². The van der Waals surface area contributed by atoms with Crippen molar-refractivity contribution in [1.82, 2.24) is 5.01 Å². The maximum absolute atomic E-state index is 13.6. The summed E-state index contributed by atoms with van der Waals surface area (Å²) in [5.74, 6) is -0.398. The fourth-order valence-electron chi connectivity index (χ4n) is 2.95. The van der Waals surface area contributed by atoms with E-state index in [0.29, 0.717) is 5.75 Å². The van der Waals surface area contributed by atoms with Gasteiger partial charge in [-0.15, -0.1) is 0 Å². The highest BCUT2D eigenvalue weighted by Crippen LogP contribution is 2.42. The molecule has 30 heavy (non-hydrogen) atoms. The van der Waals surface area contributed by atoms with Crippen molar-refractivity contribution in [2.45, 2.75) is 31.2 Å². The van der Waals surface area contributed by atoms with Crippen LogP contribution in [0.15, 0.2) is 53.6 Å². The Hall–Kier alpha value is -2.29. The number of aliphatic hydroxyl groups is 1. The van der Waals surface area contributed by atoms with E-state index in [1.807, 2.05) is 6.07 Å². The molecule has 1 heterocycles. The van der Waals surface area contributed by atoms with E-state index in [1.54, 1.807) is 24.3 Å². The number of para-hydroxylation sites is 1. The molecule has 1 N–H and O–H groups in total. The van der Waals surface area contributed by atoms with Gasteiger partial charge in [-0.3, -0.25) is 4.79 Å². The van der Waals surface area contributed by atoms with Crippen LogP contribution in [0.1, 0.15) is 24.8 Å². The second-order valence-corrected chi connectivity index (χ2v) is 7.54. The molecule has 2 aromatic rings. The molecule has 1 atom stereocenters. The first-order valence-electron chi connectivity index (χ1n) is 8.94. The Balaban J connectivity index is 1.74. The van der Waals surface area contributed by atoms with Crippen LogP contribution in [0.5, 0.6) is 5.75 Å². The van der Waals surface area contributed by atoms with Gasteiger partial charge < -0.3 is 9.84 Å². The van der Waals surface area contributed by atoms with Crippen LogP contribution >= 0.6 is 23.2 Å². The zero-order chi connectivity index (χ0) is 21.9. The number of amides is 1. The van der Waals surface area contributed by atoms with Crippen LogP contribution in [0.2, 0.25) is 10.0 Å². The molecule has 1 aliphatic rings. The van der Waals surface area contributed by atoms with E-state index in [-0.39, 0.29) is 45.8 Å². The van der Waals surface area contributed by atoms with E-state index >= 15 is 0 Å². The summed E-state index contributed by atoms with van der Waals surface area (Å²) in [6.07, 6.45) is -6.19. The molecule has 3 rings (SSSR count). The number of carbonyl (C=O) groups excluding carboxylic acids is 1. The Morgan fingerprint density at radius 3 is 2.40 bits per heavy atom. The quantitative estimate of drug-likeness (QED) is 0.614. The molecule has 160 valence electrons. The van der Waals surface area contributed by atoms with E-state index in [1.165, 1.54) is 18.2 Å². The number of alkyl halides is 3. The number of hydrazone groups is 1. The first kappa shape index (κ1) is 22.4. The Labute approximate surface area is 180 Å². The van der Waals surface area contributed by atoms with Gasteiger partial charge in [-0.25, -0.2) is 0 Å². The first-order chi connectivity index (χ1) is 14.1. The Morgan fingerprint density at radius 1 is 1.17 bits per heavy atom. The lowest BCUT2D eigenvalue weighted by Gasteiger charge is -2.32. The lowest BCUT2D eigenvalue weighted by Crippen LogP contribution is -2.56. The van der Waals surface area contributed by atoms with Gasteiger partial charge in [0, 0.05) is 22.0 Å². The summed E-state index contributed by atoms with van der Waals surface area (Å²) in [4.78, 5) is 12.5. The number of hydrogen-bond acceptors (Lipinski definition) is 4. The highest BCUT2D eigenvalue weighted by Gasteiger charge is 2.63. The van der Waals surface area contributed by atoms with E-state index in [0.717, 1.165) is 0 Å². The van der Waals surface area contributed by atoms with Crippen LogP contribution in [0.25, 0.3) is 0 Å². The minimum atomic E-state index is -5.11. The number of nitrogens with zero attached hydrogens (tertiary/aromatic N) is 2. The molecular weight excluding hydrogens is 444 g/mol. The summed E-state index contributed by atoms with van der Waals surface area (Å²) >= 11 is 11.8. The molecule has 0 bridgehead atoms. The van der Waals surface area contributed by atoms with Crippen LogP contribution in [-0.4, -0.2) is 40.2 Å². The van der Waals surface area contributed by atoms with Crippen LogP contribution in [0.3, 0.4) is 0 Å². The first-order valence-corrected chi connectivity index (χ1v) is 9.70. The zero-order valence-electron chi connectivity index (χ0n) is 15.5. The molecule has 0 saturated heterocycles. The molecule has 0 spiro atoms. The van der Waals surface area contributed by atoms with E-state index in [4.69, 9.17) is 27.9 Å². The monoisotopic (exact) mass is 460 g/mol. The molecule has 1 amide bonds. The standard InChI is InChI=1S/C20H17Cl2F3N2O3/c21-14-9-13(10-15(22)11-14)17-12-19(29,20(23,24)25)27(26-17)18(28)7-4-8-30-16-5-2-1-3-6-16/h1-3,5-6,9-11,29H,4,7-8,12H2. The number of ether oxygens (including phenoxy) is 1. The molecule has 0 fully saturated rings. The largest absolute Gasteiger partial charge is 0.494 e. The average Bonchev–Trinajstić information content (AvgIpc) is 3.04. The van der Waals surface area contributed by atoms with E-state index in [9.17, 15) is 23.1 Å². The van der Waals surface area contributed by atoms with Crippen molar-refractivity contribution in [2.24, 2.45) is 5.10 Å². The average molecular weight is 461 g/mol. The molecule has 10 heteroatoms. The highest BCUT2D eigenvalue weighted by atomic mass is 35.5. The number of rotatable bonds is 6. The van der Waals surface area contributed by atoms with Gasteiger partial charge in [0.1, 0.15) is 5.75 Å². The Bertz CT molecular complexity index is 934. The summed E-state index contributed by atoms with van der Waals surface area (Å²) < 4.78 is 46.3. The van der Waals surface area contributed by atoms with Gasteiger partial charge in [-0.05, 0) is 36.8 Å². The normalized spacial score (nSPS) is 19.0. The van der Waals surface area contributed by atoms with Gasteiger partial charge >= 0.3 is 6.18 Å². The second kappa shape index (κ2) is 8.83. The molecule has 0 aromatic heterocycles. The van der Waals surface area contributed by atoms with Crippen molar-refractivity contribution in [2.75, 3.05) is 6.61 Å². The minimum Gasteiger partial charge on any atom is -0.494 e. The number of hydrogen-bond donors (Lipinski definition) is 1. The second-order valence-electron chi connectivity index (χ2n) is 6.67. The molecule has 1 unspecified atom stereocenters. The number of carbonyl (C=O) groups is 1. The molecule has 5 nitrogen and oxygen atoms in total. The van der Waals surface area contributed by atoms with Gasteiger partial charge in [-0.1, -0.05) is 41.4 Å². The van der Waals surface area contributed by atoms with Crippen molar-refractivity contribution in [3.05, 3.63) is 64.1 Å². The predicted octanol–water partition coefficient (Wildman–Crippen LogP) is 5.04. The lowest BCUT2D eigenvalue weighted by molar-refractivity contribution is -0.302. The third kappa shape index (κ3) is 4.88. The Kier molecular flexibility index (Phi) is 6.59. The smallest absolute Gasteiger partial charge is 0.438 e. The van der Waals surface area contributed by atoms with Gasteiger partial charge in [0.2, 0.25) is 5.91 Å². The van der Waals surface area contributed by atoms with E-state index in [2.05, 4.69) is 5.10 Å². The Morgan fingerprint density at radius 2 is 1.80 bits per heavy atom. The lowest BCUT2D eigenvalue weighted by atomic mass is 10.0. The van der Waals surface area contributed by atoms with Crippen LogP contribution in [0.4, 0.5) is 13.2 Å². The van der Waals surface area contributed by atoms with Crippen LogP contribution in [-0.2, 0) is 4.79 Å². The maximum Gasteiger partial charge on any atom is 0.438 e. The maximum atomic E-state index is 13.6. The van der Waals surface area contributed by atoms with Crippen LogP contribution < -0.4 is 4.74 Å². The summed E-state index contributed by atoms with van der Waals surface area (Å²) in [6.45, 7) is 0.120. The number of benzene rings is 2. The highest BCUT2D eigenvalue weighted by molar-refractivity contribution is 6.35. The third-order valence-corrected chi connectivity index (χ3v) is 4.85. The van der Waals surface area contributed by atoms with Gasteiger partial charge in [-0.2, -0.15) is 23.3 Å². The van der Waals surface area contributed by atoms with Crippen molar-refractivity contribution in [3.8, 4) is 5.75 Å². The molecule has 1 aliphatic heterocycles. The van der Waals surface area contributed by atoms with Crippen LogP contribution in [0, 0.1) is 0 Å². The molecule has 0 aliphatic carbocycles. The van der Waals surface area contributed by atoms with Gasteiger partial charge in [0.15, 0.2) is 0 Å². The minimum absolute atomic E-state index is 0.0969. The summed E-state index contributed by atoms with van der Waals surface area (Å²) in [5, 5.41) is 14.6. The van der Waals surface area contributed by atoms with Crippen molar-refractivity contribution >= 4 is 34.8 Å². The number of halogens is 5. The van der Waals surface area contributed by atoms with Gasteiger partial charge in [0.25, 0.3) is 5.72 Å². The zero-order valence-corrected chi connectivity index (χ0v) is 17.0. The van der Waals surface area contributed by atoms with Crippen molar-refractivity contribution in [1.29, 1.82) is 0 Å². The summed E-state index contributed by atoms with van der Waals surface area (Å²) in [7, 11) is 0.